The van der Waals surface area contributed by atoms with Gasteiger partial charge in [0.15, 0.2) is 0 Å². The topological polar surface area (TPSA) is 71.9 Å². The zero-order valence-corrected chi connectivity index (χ0v) is 25.3. The van der Waals surface area contributed by atoms with Crippen LogP contribution in [0.5, 0.6) is 11.5 Å². The van der Waals surface area contributed by atoms with E-state index in [0.29, 0.717) is 24.6 Å². The van der Waals surface area contributed by atoms with Gasteiger partial charge in [0.05, 0.1) is 21.4 Å². The molecular weight excluding hydrogens is 575 g/mol. The van der Waals surface area contributed by atoms with E-state index in [4.69, 9.17) is 32.7 Å². The normalized spacial score (nSPS) is 18.1. The number of hydrogen-bond donors (Lipinski definition) is 2. The van der Waals surface area contributed by atoms with Crippen LogP contribution in [0.3, 0.4) is 0 Å². The van der Waals surface area contributed by atoms with Gasteiger partial charge >= 0.3 is 0 Å². The zero-order chi connectivity index (χ0) is 29.3. The molecule has 10 heteroatoms. The van der Waals surface area contributed by atoms with Crippen LogP contribution in [-0.2, 0) is 0 Å². The van der Waals surface area contributed by atoms with Crippen molar-refractivity contribution >= 4 is 34.6 Å². The van der Waals surface area contributed by atoms with Gasteiger partial charge in [-0.1, -0.05) is 47.5 Å². The average Bonchev–Trinajstić information content (AvgIpc) is 3.01. The highest BCUT2D eigenvalue weighted by molar-refractivity contribution is 6.33. The van der Waals surface area contributed by atoms with Crippen molar-refractivity contribution in [3.63, 3.8) is 0 Å². The molecule has 5 rings (SSSR count). The summed E-state index contributed by atoms with van der Waals surface area (Å²) in [6.45, 7) is 8.47. The monoisotopic (exact) mass is 614 g/mol. The Morgan fingerprint density at radius 3 is 1.26 bits per heavy atom. The highest BCUT2D eigenvalue weighted by Gasteiger charge is 2.22. The minimum Gasteiger partial charge on any atom is -0.491 e. The average molecular weight is 616 g/mol. The SMILES string of the molecule is OC(COc1ccc(OCC(O)CN2CCN(c3ccccc3Cl)CC2)cc1)CN1CCN(c2ccccc2Cl)CC1. The molecule has 0 amide bonds. The van der Waals surface area contributed by atoms with E-state index < -0.39 is 12.2 Å². The molecule has 0 bridgehead atoms. The highest BCUT2D eigenvalue weighted by Crippen LogP contribution is 2.27. The quantitative estimate of drug-likeness (QED) is 0.316. The van der Waals surface area contributed by atoms with Crippen molar-refractivity contribution in [2.75, 3.05) is 88.5 Å². The van der Waals surface area contributed by atoms with Crippen molar-refractivity contribution in [2.45, 2.75) is 12.2 Å². The molecular formula is C32H40Cl2N4O4. The van der Waals surface area contributed by atoms with Crippen LogP contribution in [0.25, 0.3) is 0 Å². The summed E-state index contributed by atoms with van der Waals surface area (Å²) in [5, 5.41) is 22.6. The van der Waals surface area contributed by atoms with Crippen molar-refractivity contribution in [3.8, 4) is 11.5 Å². The van der Waals surface area contributed by atoms with Gasteiger partial charge in [0, 0.05) is 65.4 Å². The van der Waals surface area contributed by atoms with Crippen LogP contribution >= 0.6 is 23.2 Å². The number of rotatable bonds is 12. The van der Waals surface area contributed by atoms with E-state index in [1.165, 1.54) is 0 Å². The maximum absolute atomic E-state index is 10.5. The van der Waals surface area contributed by atoms with Crippen LogP contribution in [0.4, 0.5) is 11.4 Å². The number of nitrogens with zero attached hydrogens (tertiary/aromatic N) is 4. The third kappa shape index (κ3) is 8.66. The Bertz CT molecular complexity index is 1150. The first-order chi connectivity index (χ1) is 20.4. The zero-order valence-electron chi connectivity index (χ0n) is 23.8. The molecule has 2 heterocycles. The van der Waals surface area contributed by atoms with Crippen LogP contribution in [0, 0.1) is 0 Å². The van der Waals surface area contributed by atoms with Crippen molar-refractivity contribution < 1.29 is 19.7 Å². The molecule has 2 saturated heterocycles. The third-order valence-corrected chi connectivity index (χ3v) is 8.42. The lowest BCUT2D eigenvalue weighted by molar-refractivity contribution is 0.0650. The number of aliphatic hydroxyl groups is 2. The van der Waals surface area contributed by atoms with Gasteiger partial charge in [-0.3, -0.25) is 9.80 Å². The van der Waals surface area contributed by atoms with E-state index in [2.05, 4.69) is 19.6 Å². The number of hydrogen-bond acceptors (Lipinski definition) is 8. The summed E-state index contributed by atoms with van der Waals surface area (Å²) in [7, 11) is 0. The van der Waals surface area contributed by atoms with E-state index in [9.17, 15) is 10.2 Å². The predicted molar refractivity (Wildman–Crippen MR) is 170 cm³/mol. The summed E-state index contributed by atoms with van der Waals surface area (Å²) in [6, 6.07) is 23.1. The molecule has 0 radical (unpaired) electrons. The van der Waals surface area contributed by atoms with Crippen LogP contribution in [0.15, 0.2) is 72.8 Å². The molecule has 226 valence electrons. The molecule has 0 spiro atoms. The number of aliphatic hydroxyl groups excluding tert-OH is 2. The molecule has 2 aliphatic heterocycles. The number of halogens is 2. The number of benzene rings is 3. The maximum atomic E-state index is 10.5. The second kappa shape index (κ2) is 15.1. The van der Waals surface area contributed by atoms with Gasteiger partial charge in [0.1, 0.15) is 36.9 Å². The van der Waals surface area contributed by atoms with Gasteiger partial charge < -0.3 is 29.5 Å². The van der Waals surface area contributed by atoms with Crippen LogP contribution in [0.2, 0.25) is 10.0 Å². The number of para-hydroxylation sites is 2. The smallest absolute Gasteiger partial charge is 0.119 e. The highest BCUT2D eigenvalue weighted by atomic mass is 35.5. The lowest BCUT2D eigenvalue weighted by atomic mass is 10.2. The fourth-order valence-corrected chi connectivity index (χ4v) is 5.99. The molecule has 3 aromatic carbocycles. The molecule has 42 heavy (non-hydrogen) atoms. The maximum Gasteiger partial charge on any atom is 0.119 e. The molecule has 2 N–H and O–H groups in total. The van der Waals surface area contributed by atoms with E-state index in [0.717, 1.165) is 73.8 Å². The number of piperazine rings is 2. The predicted octanol–water partition coefficient (Wildman–Crippen LogP) is 4.12. The Morgan fingerprint density at radius 2 is 0.905 bits per heavy atom. The molecule has 2 atom stereocenters. The van der Waals surface area contributed by atoms with Gasteiger partial charge in [-0.2, -0.15) is 0 Å². The fourth-order valence-electron chi connectivity index (χ4n) is 5.48. The van der Waals surface area contributed by atoms with Crippen LogP contribution in [-0.4, -0.2) is 111 Å². The van der Waals surface area contributed by atoms with Gasteiger partial charge in [-0.15, -0.1) is 0 Å². The van der Waals surface area contributed by atoms with Gasteiger partial charge in [0.25, 0.3) is 0 Å². The van der Waals surface area contributed by atoms with Crippen molar-refractivity contribution in [1.29, 1.82) is 0 Å². The lowest BCUT2D eigenvalue weighted by Gasteiger charge is -2.37. The summed E-state index contributed by atoms with van der Waals surface area (Å²) in [6.07, 6.45) is -1.18. The number of β-amino-alcohol motifs (C(OH)–C–C–N with tert-alkyl or cyclic N) is 2. The van der Waals surface area contributed by atoms with Crippen molar-refractivity contribution in [2.24, 2.45) is 0 Å². The summed E-state index contributed by atoms with van der Waals surface area (Å²) in [4.78, 5) is 9.08. The van der Waals surface area contributed by atoms with Gasteiger partial charge in [-0.25, -0.2) is 0 Å². The van der Waals surface area contributed by atoms with Gasteiger partial charge in [0.2, 0.25) is 0 Å². The number of anilines is 2. The van der Waals surface area contributed by atoms with Crippen molar-refractivity contribution in [3.05, 3.63) is 82.8 Å². The molecule has 0 aromatic heterocycles. The second-order valence-electron chi connectivity index (χ2n) is 10.9. The summed E-state index contributed by atoms with van der Waals surface area (Å²) in [5.74, 6) is 1.34. The van der Waals surface area contributed by atoms with E-state index in [1.54, 1.807) is 0 Å². The van der Waals surface area contributed by atoms with Crippen molar-refractivity contribution in [1.82, 2.24) is 9.80 Å². The molecule has 0 saturated carbocycles. The fraction of sp³-hybridized carbons (Fsp3) is 0.438. The first-order valence-corrected chi connectivity index (χ1v) is 15.4. The summed E-state index contributed by atoms with van der Waals surface area (Å²) < 4.78 is 11.6. The Balaban J connectivity index is 0.960. The number of ether oxygens (including phenoxy) is 2. The Labute approximate surface area is 258 Å². The molecule has 2 aliphatic rings. The molecule has 8 nitrogen and oxygen atoms in total. The van der Waals surface area contributed by atoms with Gasteiger partial charge in [-0.05, 0) is 48.5 Å². The lowest BCUT2D eigenvalue weighted by Crippen LogP contribution is -2.49. The van der Waals surface area contributed by atoms with E-state index in [1.807, 2.05) is 72.8 Å². The minimum atomic E-state index is -0.588. The summed E-state index contributed by atoms with van der Waals surface area (Å²) >= 11 is 12.7. The molecule has 2 unspecified atom stereocenters. The van der Waals surface area contributed by atoms with E-state index >= 15 is 0 Å². The standard InChI is InChI=1S/C32H40Cl2N4O4/c33-29-5-1-3-7-31(29)37-17-13-35(14-18-37)21-25(39)23-41-27-9-11-28(12-10-27)42-24-26(40)22-36-15-19-38(20-16-36)32-8-4-2-6-30(32)34/h1-12,25-26,39-40H,13-24H2. The second-order valence-corrected chi connectivity index (χ2v) is 11.7. The first kappa shape index (κ1) is 30.7. The van der Waals surface area contributed by atoms with Crippen LogP contribution < -0.4 is 19.3 Å². The van der Waals surface area contributed by atoms with Crippen LogP contribution in [0.1, 0.15) is 0 Å². The summed E-state index contributed by atoms with van der Waals surface area (Å²) in [5.41, 5.74) is 2.13. The minimum absolute atomic E-state index is 0.216. The van der Waals surface area contributed by atoms with E-state index in [-0.39, 0.29) is 13.2 Å². The Morgan fingerprint density at radius 1 is 0.548 bits per heavy atom. The first-order valence-electron chi connectivity index (χ1n) is 14.6. The molecule has 0 aliphatic carbocycles. The Kier molecular flexibility index (Phi) is 11.1. The Hall–Kier alpha value is -2.72. The molecule has 3 aromatic rings. The largest absolute Gasteiger partial charge is 0.491 e. The third-order valence-electron chi connectivity index (χ3n) is 7.78. The molecule has 2 fully saturated rings.